The van der Waals surface area contributed by atoms with Gasteiger partial charge >= 0.3 is 0 Å². The van der Waals surface area contributed by atoms with Crippen LogP contribution >= 0.6 is 0 Å². The summed E-state index contributed by atoms with van der Waals surface area (Å²) in [5.74, 6) is 1.38. The number of allylic oxidation sites excluding steroid dienone is 1. The molecule has 0 N–H and O–H groups in total. The summed E-state index contributed by atoms with van der Waals surface area (Å²) in [6.45, 7) is 3.81. The summed E-state index contributed by atoms with van der Waals surface area (Å²) < 4.78 is 76.3. The smallest absolute Gasteiger partial charge is 0.282 e. The van der Waals surface area contributed by atoms with Gasteiger partial charge in [-0.15, -0.1) is 0 Å². The van der Waals surface area contributed by atoms with Crippen LogP contribution in [0.2, 0.25) is 0 Å². The lowest BCUT2D eigenvalue weighted by molar-refractivity contribution is -0.140. The number of methoxy groups -OCH3 is 2. The molecular formula is C40H38N2O6S2. The molecule has 0 aromatic heterocycles. The number of fused-ring (bicyclic) bond motifs is 6. The minimum absolute atomic E-state index is 0.0321. The number of nitrogens with zero attached hydrogens (tertiary/aromatic N) is 2. The monoisotopic (exact) mass is 706 g/mol. The Labute approximate surface area is 293 Å². The highest BCUT2D eigenvalue weighted by Gasteiger charge is 2.83. The SMILES string of the molecule is COc1ccc2c(c1)C1=CN(S(=O)(=O)c3ccc(C)cc3)[C@@]3(/C=N\S(=O)(=O)c4ccc(C)cc4)c4cc(OC)ccc4[C@@H]4CC[C@@]43[C@]13CC[C@H]23. The fourth-order valence-electron chi connectivity index (χ4n) is 10.4. The third-order valence-corrected chi connectivity index (χ3v) is 15.7. The third kappa shape index (κ3) is 3.68. The fraction of sp³-hybridized carbons (Fsp3) is 0.325. The molecule has 8 nitrogen and oxygen atoms in total. The van der Waals surface area contributed by atoms with E-state index in [0.717, 1.165) is 52.7 Å². The quantitative estimate of drug-likeness (QED) is 0.185. The van der Waals surface area contributed by atoms with Crippen molar-refractivity contribution in [3.8, 4) is 11.5 Å². The summed E-state index contributed by atoms with van der Waals surface area (Å²) in [5.41, 5.74) is 4.11. The van der Waals surface area contributed by atoms with Crippen LogP contribution in [0.25, 0.3) is 5.57 Å². The molecule has 4 aliphatic carbocycles. The molecule has 9 rings (SSSR count). The standard InChI is InChI=1S/C40H38N2O6S2/c1-25-5-11-29(12-6-25)49(43,44)41-24-40-36-22-28(48-4)10-16-32(36)35-18-20-39(35,40)38-19-17-34(38)31-15-9-27(47-3)21-33(31)37(38)23-42(40)50(45,46)30-13-7-26(2)8-14-30/h5-16,21-24,34-35H,17-20H2,1-4H3/b41-24-/t34-,35+,38+,39+,40+/m1/s1. The number of rotatable bonds is 7. The molecule has 0 amide bonds. The van der Waals surface area contributed by atoms with Gasteiger partial charge in [0.05, 0.1) is 24.0 Å². The van der Waals surface area contributed by atoms with Gasteiger partial charge in [-0.3, -0.25) is 4.31 Å². The Kier molecular flexibility index (Phi) is 6.52. The number of benzene rings is 4. The van der Waals surface area contributed by atoms with Crippen LogP contribution in [-0.2, 0) is 25.6 Å². The number of aryl methyl sites for hydroxylation is 2. The zero-order valence-electron chi connectivity index (χ0n) is 28.4. The van der Waals surface area contributed by atoms with Gasteiger partial charge < -0.3 is 9.47 Å². The lowest BCUT2D eigenvalue weighted by atomic mass is 9.34. The lowest BCUT2D eigenvalue weighted by Gasteiger charge is -2.72. The first kappa shape index (κ1) is 31.6. The van der Waals surface area contributed by atoms with Crippen LogP contribution < -0.4 is 9.47 Å². The van der Waals surface area contributed by atoms with E-state index >= 15 is 8.42 Å². The van der Waals surface area contributed by atoms with Crippen molar-refractivity contribution in [3.63, 3.8) is 0 Å². The van der Waals surface area contributed by atoms with Gasteiger partial charge in [-0.1, -0.05) is 47.5 Å². The van der Waals surface area contributed by atoms with E-state index in [1.54, 1.807) is 62.8 Å². The molecule has 4 aromatic rings. The van der Waals surface area contributed by atoms with Crippen LogP contribution in [0.1, 0.15) is 70.9 Å². The molecule has 0 unspecified atom stereocenters. The summed E-state index contributed by atoms with van der Waals surface area (Å²) in [4.78, 5) is 0.181. The highest BCUT2D eigenvalue weighted by molar-refractivity contribution is 7.90. The molecular weight excluding hydrogens is 669 g/mol. The lowest BCUT2D eigenvalue weighted by Crippen LogP contribution is -2.71. The van der Waals surface area contributed by atoms with Crippen molar-refractivity contribution in [2.75, 3.05) is 14.2 Å². The summed E-state index contributed by atoms with van der Waals surface area (Å²) in [5, 5.41) is 0. The molecule has 1 aliphatic heterocycles. The Morgan fingerprint density at radius 2 is 1.34 bits per heavy atom. The molecule has 2 fully saturated rings. The van der Waals surface area contributed by atoms with Crippen molar-refractivity contribution in [1.29, 1.82) is 0 Å². The maximum absolute atomic E-state index is 15.4. The van der Waals surface area contributed by atoms with Crippen molar-refractivity contribution in [3.05, 3.63) is 125 Å². The summed E-state index contributed by atoms with van der Waals surface area (Å²) in [6.07, 6.45) is 6.63. The molecule has 50 heavy (non-hydrogen) atoms. The van der Waals surface area contributed by atoms with E-state index in [-0.39, 0.29) is 21.6 Å². The van der Waals surface area contributed by atoms with Gasteiger partial charge in [-0.25, -0.2) is 8.42 Å². The minimum atomic E-state index is -4.30. The zero-order chi connectivity index (χ0) is 34.8. The second-order valence-corrected chi connectivity index (χ2v) is 17.9. The van der Waals surface area contributed by atoms with Gasteiger partial charge in [-0.05, 0) is 128 Å². The van der Waals surface area contributed by atoms with Crippen LogP contribution in [0.15, 0.2) is 105 Å². The second kappa shape index (κ2) is 10.3. The average Bonchev–Trinajstić information content (AvgIpc) is 3.38. The Morgan fingerprint density at radius 3 is 1.92 bits per heavy atom. The molecule has 5 aliphatic rings. The van der Waals surface area contributed by atoms with Gasteiger partial charge in [0.2, 0.25) is 0 Å². The van der Waals surface area contributed by atoms with Crippen molar-refractivity contribution in [2.24, 2.45) is 15.2 Å². The number of sulfonamides is 2. The summed E-state index contributed by atoms with van der Waals surface area (Å²) in [6, 6.07) is 25.5. The molecule has 2 saturated carbocycles. The van der Waals surface area contributed by atoms with E-state index in [0.29, 0.717) is 17.9 Å². The molecule has 0 saturated heterocycles. The fourth-order valence-corrected chi connectivity index (χ4v) is 12.9. The normalized spacial score (nSPS) is 28.6. The van der Waals surface area contributed by atoms with Crippen molar-refractivity contribution >= 4 is 31.8 Å². The largest absolute Gasteiger partial charge is 0.497 e. The molecule has 4 aromatic carbocycles. The molecule has 0 radical (unpaired) electrons. The Hall–Kier alpha value is -4.41. The van der Waals surface area contributed by atoms with Crippen molar-refractivity contribution in [1.82, 2.24) is 4.31 Å². The molecule has 256 valence electrons. The zero-order valence-corrected chi connectivity index (χ0v) is 30.0. The van der Waals surface area contributed by atoms with E-state index in [1.165, 1.54) is 16.1 Å². The Bertz CT molecular complexity index is 2390. The maximum Gasteiger partial charge on any atom is 0.282 e. The minimum Gasteiger partial charge on any atom is -0.497 e. The predicted octanol–water partition coefficient (Wildman–Crippen LogP) is 7.48. The Morgan fingerprint density at radius 1 is 0.740 bits per heavy atom. The molecule has 1 heterocycles. The number of ether oxygens (including phenoxy) is 2. The first-order chi connectivity index (χ1) is 23.9. The first-order valence-corrected chi connectivity index (χ1v) is 19.9. The van der Waals surface area contributed by atoms with Crippen LogP contribution in [0, 0.1) is 24.7 Å². The van der Waals surface area contributed by atoms with Gasteiger partial charge in [0.15, 0.2) is 0 Å². The van der Waals surface area contributed by atoms with E-state index < -0.39 is 36.4 Å². The highest BCUT2D eigenvalue weighted by Crippen LogP contribution is 2.88. The van der Waals surface area contributed by atoms with Crippen molar-refractivity contribution < 1.29 is 26.3 Å². The number of hydrogen-bond donors (Lipinski definition) is 0. The first-order valence-electron chi connectivity index (χ1n) is 17.0. The van der Waals surface area contributed by atoms with Gasteiger partial charge in [0.1, 0.15) is 17.0 Å². The van der Waals surface area contributed by atoms with Crippen molar-refractivity contribution in [2.45, 2.75) is 66.7 Å². The van der Waals surface area contributed by atoms with Crippen LogP contribution in [-0.4, -0.2) is 41.6 Å². The van der Waals surface area contributed by atoms with Crippen LogP contribution in [0.3, 0.4) is 0 Å². The van der Waals surface area contributed by atoms with Gasteiger partial charge in [0.25, 0.3) is 20.0 Å². The van der Waals surface area contributed by atoms with Gasteiger partial charge in [-0.2, -0.15) is 12.8 Å². The molecule has 0 bridgehead atoms. The van der Waals surface area contributed by atoms with Gasteiger partial charge in [0, 0.05) is 23.2 Å². The number of hydrogen-bond acceptors (Lipinski definition) is 6. The van der Waals surface area contributed by atoms with Crippen LogP contribution in [0.4, 0.5) is 0 Å². The molecule has 5 atom stereocenters. The van der Waals surface area contributed by atoms with E-state index in [2.05, 4.69) is 10.5 Å². The molecule has 2 spiro atoms. The van der Waals surface area contributed by atoms with E-state index in [4.69, 9.17) is 9.47 Å². The Balaban J connectivity index is 1.40. The second-order valence-electron chi connectivity index (χ2n) is 14.5. The average molecular weight is 707 g/mol. The summed E-state index contributed by atoms with van der Waals surface area (Å²) in [7, 11) is -5.29. The van der Waals surface area contributed by atoms with Crippen LogP contribution in [0.5, 0.6) is 11.5 Å². The highest BCUT2D eigenvalue weighted by atomic mass is 32.2. The van der Waals surface area contributed by atoms with E-state index in [1.807, 2.05) is 50.4 Å². The topological polar surface area (TPSA) is 102 Å². The van der Waals surface area contributed by atoms with E-state index in [9.17, 15) is 8.42 Å². The summed E-state index contributed by atoms with van der Waals surface area (Å²) >= 11 is 0. The maximum atomic E-state index is 15.4. The molecule has 10 heteroatoms. The third-order valence-electron chi connectivity index (χ3n) is 12.6. The predicted molar refractivity (Wildman–Crippen MR) is 192 cm³/mol.